The number of amides is 1. The molecule has 1 saturated carbocycles. The molecule has 2 nitrogen and oxygen atoms in total. The highest BCUT2D eigenvalue weighted by Crippen LogP contribution is 2.34. The number of carbonyl (C=O) groups is 1. The second-order valence-corrected chi connectivity index (χ2v) is 4.25. The van der Waals surface area contributed by atoms with Crippen molar-refractivity contribution in [2.45, 2.75) is 38.0 Å². The minimum absolute atomic E-state index is 0.504. The van der Waals surface area contributed by atoms with Gasteiger partial charge >= 0.3 is 0 Å². The topological polar surface area (TPSA) is 40.9 Å². The van der Waals surface area contributed by atoms with E-state index in [1.54, 1.807) is 6.07 Å². The summed E-state index contributed by atoms with van der Waals surface area (Å²) in [5, 5.41) is 0. The predicted octanol–water partition coefficient (Wildman–Crippen LogP) is 3.16. The van der Waals surface area contributed by atoms with Crippen LogP contribution in [0.2, 0.25) is 0 Å². The van der Waals surface area contributed by atoms with Gasteiger partial charge in [0.05, 0.1) is 0 Å². The quantitative estimate of drug-likeness (QED) is 0.726. The Morgan fingerprint density at radius 3 is 2.47 bits per heavy atom. The van der Waals surface area contributed by atoms with Gasteiger partial charge < -0.3 is 0 Å². The van der Waals surface area contributed by atoms with Crippen LogP contribution < -0.4 is 5.73 Å². The molecule has 0 spiro atoms. The second kappa shape index (κ2) is 4.47. The molecule has 1 N–H and O–H groups in total. The van der Waals surface area contributed by atoms with E-state index in [0.717, 1.165) is 5.56 Å². The van der Waals surface area contributed by atoms with Crippen molar-refractivity contribution in [3.63, 3.8) is 0 Å². The molecule has 1 aromatic carbocycles. The lowest BCUT2D eigenvalue weighted by Crippen LogP contribution is -2.11. The summed E-state index contributed by atoms with van der Waals surface area (Å²) in [7, 11) is 0. The Morgan fingerprint density at radius 1 is 1.13 bits per heavy atom. The highest BCUT2D eigenvalue weighted by molar-refractivity contribution is 5.93. The van der Waals surface area contributed by atoms with E-state index in [4.69, 9.17) is 5.73 Å². The molecular weight excluding hydrogens is 186 g/mol. The molecular formula is C13H16NO. The SMILES string of the molecule is [NH]C(=O)c1ccccc1C1CCCCC1. The Hall–Kier alpha value is -1.31. The van der Waals surface area contributed by atoms with Crippen LogP contribution in [0.5, 0.6) is 0 Å². The van der Waals surface area contributed by atoms with Crippen LogP contribution in [0.4, 0.5) is 0 Å². The van der Waals surface area contributed by atoms with Crippen LogP contribution in [-0.4, -0.2) is 5.91 Å². The molecule has 0 bridgehead atoms. The lowest BCUT2D eigenvalue weighted by Gasteiger charge is -2.23. The van der Waals surface area contributed by atoms with E-state index >= 15 is 0 Å². The number of hydrogen-bond donors (Lipinski definition) is 0. The molecule has 0 atom stereocenters. The molecule has 1 fully saturated rings. The van der Waals surface area contributed by atoms with E-state index in [1.807, 2.05) is 18.2 Å². The minimum atomic E-state index is -0.545. The Bertz CT molecular complexity index is 353. The molecule has 0 heterocycles. The van der Waals surface area contributed by atoms with Crippen LogP contribution in [0, 0.1) is 0 Å². The van der Waals surface area contributed by atoms with Gasteiger partial charge in [-0.05, 0) is 30.4 Å². The summed E-state index contributed by atoms with van der Waals surface area (Å²) in [6.07, 6.45) is 6.17. The van der Waals surface area contributed by atoms with Crippen LogP contribution in [0.15, 0.2) is 24.3 Å². The van der Waals surface area contributed by atoms with Gasteiger partial charge in [-0.15, -0.1) is 0 Å². The average molecular weight is 202 g/mol. The van der Waals surface area contributed by atoms with Crippen molar-refractivity contribution < 1.29 is 4.79 Å². The third kappa shape index (κ3) is 2.20. The zero-order chi connectivity index (χ0) is 10.7. The Morgan fingerprint density at radius 2 is 1.80 bits per heavy atom. The summed E-state index contributed by atoms with van der Waals surface area (Å²) in [6.45, 7) is 0. The van der Waals surface area contributed by atoms with Crippen LogP contribution in [0.3, 0.4) is 0 Å². The fourth-order valence-corrected chi connectivity index (χ4v) is 2.47. The van der Waals surface area contributed by atoms with Crippen molar-refractivity contribution in [1.29, 1.82) is 0 Å². The van der Waals surface area contributed by atoms with Crippen LogP contribution in [0.25, 0.3) is 0 Å². The minimum Gasteiger partial charge on any atom is -0.267 e. The molecule has 1 aromatic rings. The van der Waals surface area contributed by atoms with E-state index in [-0.39, 0.29) is 0 Å². The van der Waals surface area contributed by atoms with Gasteiger partial charge in [-0.3, -0.25) is 10.5 Å². The fraction of sp³-hybridized carbons (Fsp3) is 0.462. The normalized spacial score (nSPS) is 17.6. The molecule has 0 aliphatic heterocycles. The third-order valence-corrected chi connectivity index (χ3v) is 3.25. The molecule has 2 rings (SSSR count). The molecule has 1 aliphatic carbocycles. The van der Waals surface area contributed by atoms with Crippen LogP contribution in [0.1, 0.15) is 53.9 Å². The lowest BCUT2D eigenvalue weighted by atomic mass is 9.82. The monoisotopic (exact) mass is 202 g/mol. The molecule has 1 amide bonds. The fourth-order valence-electron chi connectivity index (χ4n) is 2.47. The van der Waals surface area contributed by atoms with Crippen LogP contribution >= 0.6 is 0 Å². The largest absolute Gasteiger partial charge is 0.269 e. The highest BCUT2D eigenvalue weighted by Gasteiger charge is 2.19. The molecule has 15 heavy (non-hydrogen) atoms. The molecule has 0 aromatic heterocycles. The Balaban J connectivity index is 2.29. The number of nitrogens with one attached hydrogen (secondary N) is 1. The van der Waals surface area contributed by atoms with Crippen molar-refractivity contribution in [2.24, 2.45) is 0 Å². The van der Waals surface area contributed by atoms with Gasteiger partial charge in [-0.2, -0.15) is 0 Å². The van der Waals surface area contributed by atoms with E-state index in [1.165, 1.54) is 32.1 Å². The van der Waals surface area contributed by atoms with E-state index in [9.17, 15) is 4.79 Å². The molecule has 0 saturated heterocycles. The number of hydrogen-bond acceptors (Lipinski definition) is 1. The molecule has 0 unspecified atom stereocenters. The van der Waals surface area contributed by atoms with Gasteiger partial charge in [0.1, 0.15) is 0 Å². The van der Waals surface area contributed by atoms with E-state index in [2.05, 4.69) is 0 Å². The first-order chi connectivity index (χ1) is 7.29. The standard InChI is InChI=1S/C13H16NO/c14-13(15)12-9-5-4-8-11(12)10-6-2-1-3-7-10/h4-5,8-10,14H,1-3,6-7H2. The van der Waals surface area contributed by atoms with Crippen molar-refractivity contribution in [2.75, 3.05) is 0 Å². The summed E-state index contributed by atoms with van der Waals surface area (Å²) in [5.74, 6) is -0.0413. The van der Waals surface area contributed by atoms with Gasteiger partial charge in [0.25, 0.3) is 5.91 Å². The Labute approximate surface area is 90.5 Å². The summed E-state index contributed by atoms with van der Waals surface area (Å²) >= 11 is 0. The summed E-state index contributed by atoms with van der Waals surface area (Å²) < 4.78 is 0. The maximum atomic E-state index is 11.2. The first-order valence-corrected chi connectivity index (χ1v) is 5.64. The maximum Gasteiger partial charge on any atom is 0.269 e. The Kier molecular flexibility index (Phi) is 3.05. The highest BCUT2D eigenvalue weighted by atomic mass is 16.1. The smallest absolute Gasteiger partial charge is 0.267 e. The van der Waals surface area contributed by atoms with Crippen molar-refractivity contribution in [3.05, 3.63) is 35.4 Å². The van der Waals surface area contributed by atoms with Gasteiger partial charge in [0, 0.05) is 5.56 Å². The van der Waals surface area contributed by atoms with Gasteiger partial charge in [0.15, 0.2) is 0 Å². The second-order valence-electron chi connectivity index (χ2n) is 4.25. The first kappa shape index (κ1) is 10.2. The van der Waals surface area contributed by atoms with Crippen molar-refractivity contribution >= 4 is 5.91 Å². The predicted molar refractivity (Wildman–Crippen MR) is 59.7 cm³/mol. The van der Waals surface area contributed by atoms with E-state index in [0.29, 0.717) is 11.5 Å². The third-order valence-electron chi connectivity index (χ3n) is 3.25. The van der Waals surface area contributed by atoms with E-state index < -0.39 is 5.91 Å². The van der Waals surface area contributed by atoms with Gasteiger partial charge in [-0.25, -0.2) is 0 Å². The molecule has 1 aliphatic rings. The van der Waals surface area contributed by atoms with Gasteiger partial charge in [0.2, 0.25) is 0 Å². The first-order valence-electron chi connectivity index (χ1n) is 5.64. The maximum absolute atomic E-state index is 11.2. The van der Waals surface area contributed by atoms with Crippen molar-refractivity contribution in [3.8, 4) is 0 Å². The average Bonchev–Trinajstić information content (AvgIpc) is 2.30. The van der Waals surface area contributed by atoms with Crippen molar-refractivity contribution in [1.82, 2.24) is 5.73 Å². The van der Waals surface area contributed by atoms with Gasteiger partial charge in [-0.1, -0.05) is 37.5 Å². The number of rotatable bonds is 2. The molecule has 1 radical (unpaired) electrons. The number of benzene rings is 1. The van der Waals surface area contributed by atoms with Crippen LogP contribution in [-0.2, 0) is 0 Å². The summed E-state index contributed by atoms with van der Waals surface area (Å²) in [5.41, 5.74) is 8.94. The summed E-state index contributed by atoms with van der Waals surface area (Å²) in [6, 6.07) is 7.60. The zero-order valence-corrected chi connectivity index (χ0v) is 8.83. The number of carbonyl (C=O) groups excluding carboxylic acids is 1. The lowest BCUT2D eigenvalue weighted by molar-refractivity contribution is 0.0990. The zero-order valence-electron chi connectivity index (χ0n) is 8.83. The molecule has 2 heteroatoms. The molecule has 79 valence electrons. The summed E-state index contributed by atoms with van der Waals surface area (Å²) in [4.78, 5) is 11.2.